The van der Waals surface area contributed by atoms with E-state index in [1.54, 1.807) is 5.55 Å². The van der Waals surface area contributed by atoms with Crippen molar-refractivity contribution in [1.29, 1.82) is 0 Å². The van der Waals surface area contributed by atoms with Crippen molar-refractivity contribution in [2.45, 2.75) is 0 Å². The fourth-order valence-corrected chi connectivity index (χ4v) is 2.49. The van der Waals surface area contributed by atoms with Crippen LogP contribution in [0, 0.1) is 0 Å². The van der Waals surface area contributed by atoms with Gasteiger partial charge in [-0.15, -0.1) is 0 Å². The van der Waals surface area contributed by atoms with Crippen LogP contribution in [0.1, 0.15) is 0 Å². The lowest BCUT2D eigenvalue weighted by Gasteiger charge is -2.18. The molecule has 0 aromatic rings. The number of carbonyl (C=O) groups excluding carboxylic acids is 1. The molecule has 7 heteroatoms. The highest BCUT2D eigenvalue weighted by Crippen LogP contribution is 2.81. The van der Waals surface area contributed by atoms with Crippen LogP contribution in [-0.2, 0) is 4.84 Å². The molecule has 54 valence electrons. The van der Waals surface area contributed by atoms with Crippen molar-refractivity contribution < 1.29 is 9.63 Å². The Morgan fingerprint density at radius 3 is 2.22 bits per heavy atom. The quantitative estimate of drug-likeness (QED) is 0.424. The Balaban J connectivity index is 3.20. The first-order valence-corrected chi connectivity index (χ1v) is 11.5. The molecule has 1 aliphatic heterocycles. The summed E-state index contributed by atoms with van der Waals surface area (Å²) in [6.45, 7) is 0. The molecule has 1 amide bonds. The van der Waals surface area contributed by atoms with Crippen molar-refractivity contribution in [3.8, 4) is 0 Å². The molecule has 0 aromatic carbocycles. The molecule has 3 nitrogen and oxygen atoms in total. The zero-order valence-corrected chi connectivity index (χ0v) is 11.2. The Morgan fingerprint density at radius 1 is 1.56 bits per heavy atom. The highest BCUT2D eigenvalue weighted by atomic mass is 127. The van der Waals surface area contributed by atoms with Gasteiger partial charge in [-0.2, -0.15) is 0 Å². The SMILES string of the molecule is O=C1NOC=S1(I)(I)I. The van der Waals surface area contributed by atoms with Crippen molar-refractivity contribution in [3.63, 3.8) is 0 Å². The lowest BCUT2D eigenvalue weighted by Crippen LogP contribution is -2.13. The summed E-state index contributed by atoms with van der Waals surface area (Å²) in [5, 5.41) is -0.0335. The van der Waals surface area contributed by atoms with E-state index in [4.69, 9.17) is 0 Å². The van der Waals surface area contributed by atoms with E-state index in [1.807, 2.05) is 0 Å². The van der Waals surface area contributed by atoms with Crippen LogP contribution < -0.4 is 5.48 Å². The van der Waals surface area contributed by atoms with Gasteiger partial charge in [0.25, 0.3) is 0 Å². The first kappa shape index (κ1) is 8.93. The van der Waals surface area contributed by atoms with Crippen molar-refractivity contribution in [2.24, 2.45) is 0 Å². The van der Waals surface area contributed by atoms with E-state index >= 15 is 0 Å². The molecular formula is C2H2I3NO2S. The van der Waals surface area contributed by atoms with Gasteiger partial charge in [0, 0.05) is 63.6 Å². The molecule has 1 heterocycles. The number of hydrogen-bond donors (Lipinski definition) is 1. The van der Waals surface area contributed by atoms with Crippen LogP contribution in [-0.4, -0.2) is 10.8 Å². The van der Waals surface area contributed by atoms with Gasteiger partial charge < -0.3 is 0 Å². The minimum absolute atomic E-state index is 0.0335. The maximum atomic E-state index is 11.0. The smallest absolute Gasteiger partial charge is 0.259 e. The first-order valence-electron chi connectivity index (χ1n) is 1.80. The van der Waals surface area contributed by atoms with Crippen LogP contribution in [0.2, 0.25) is 0 Å². The molecule has 0 saturated carbocycles. The van der Waals surface area contributed by atoms with Crippen molar-refractivity contribution in [2.75, 3.05) is 0 Å². The van der Waals surface area contributed by atoms with Crippen LogP contribution in [0.4, 0.5) is 4.79 Å². The molecule has 0 aliphatic carbocycles. The molecule has 0 radical (unpaired) electrons. The predicted molar refractivity (Wildman–Crippen MR) is 65.3 cm³/mol. The molecule has 0 bridgehead atoms. The summed E-state index contributed by atoms with van der Waals surface area (Å²) in [5.41, 5.74) is 3.85. The third-order valence-corrected chi connectivity index (χ3v) is 7.26. The molecule has 9 heavy (non-hydrogen) atoms. The van der Waals surface area contributed by atoms with Gasteiger partial charge >= 0.3 is 5.24 Å². The number of carbonyl (C=O) groups is 1. The first-order chi connectivity index (χ1) is 3.90. The van der Waals surface area contributed by atoms with E-state index < -0.39 is 0.264 Å². The zero-order valence-electron chi connectivity index (χ0n) is 3.94. The van der Waals surface area contributed by atoms with Gasteiger partial charge in [-0.25, -0.2) is 10.3 Å². The Kier molecular flexibility index (Phi) is 2.40. The van der Waals surface area contributed by atoms with Crippen LogP contribution in [0.15, 0.2) is 0 Å². The second kappa shape index (κ2) is 2.42. The summed E-state index contributed by atoms with van der Waals surface area (Å²) in [7, 11) is 0. The van der Waals surface area contributed by atoms with E-state index in [1.165, 1.54) is 0 Å². The Hall–Kier alpha value is 1.84. The van der Waals surface area contributed by atoms with E-state index in [0.717, 1.165) is 0 Å². The topological polar surface area (TPSA) is 38.3 Å². The summed E-state index contributed by atoms with van der Waals surface area (Å²) in [6, 6.07) is 0. The molecule has 0 aromatic heterocycles. The average molecular weight is 485 g/mol. The van der Waals surface area contributed by atoms with Gasteiger partial charge in [0.2, 0.25) is 0 Å². The average Bonchev–Trinajstić information content (AvgIpc) is 1.82. The number of nitrogens with one attached hydrogen (secondary N) is 1. The lowest BCUT2D eigenvalue weighted by molar-refractivity contribution is 0.204. The lowest BCUT2D eigenvalue weighted by atomic mass is 11.4. The molecule has 0 spiro atoms. The molecule has 1 N–H and O–H groups in total. The van der Waals surface area contributed by atoms with Crippen molar-refractivity contribution in [1.82, 2.24) is 5.48 Å². The predicted octanol–water partition coefficient (Wildman–Crippen LogP) is 2.79. The van der Waals surface area contributed by atoms with Crippen LogP contribution in [0.25, 0.3) is 0 Å². The largest absolute Gasteiger partial charge is 0.308 e. The molecule has 0 saturated heterocycles. The fraction of sp³-hybridized carbons (Fsp3) is 0. The molecular weight excluding hydrogens is 483 g/mol. The van der Waals surface area contributed by atoms with Gasteiger partial charge in [0.05, 0.1) is 0 Å². The fourth-order valence-electron chi connectivity index (χ4n) is 0.266. The maximum Gasteiger partial charge on any atom is 0.308 e. The third kappa shape index (κ3) is 1.90. The van der Waals surface area contributed by atoms with Gasteiger partial charge in [0.15, 0.2) is 0 Å². The number of hydrogen-bond acceptors (Lipinski definition) is 2. The second-order valence-electron chi connectivity index (χ2n) is 1.40. The van der Waals surface area contributed by atoms with E-state index in [9.17, 15) is 4.79 Å². The number of amides is 1. The second-order valence-corrected chi connectivity index (χ2v) is 35.2. The minimum atomic E-state index is -2.06. The van der Waals surface area contributed by atoms with Crippen LogP contribution in [0.5, 0.6) is 0 Å². The highest BCUT2D eigenvalue weighted by molar-refractivity contribution is 14.5. The van der Waals surface area contributed by atoms with Gasteiger partial charge in [-0.3, -0.25) is 4.79 Å². The molecule has 0 unspecified atom stereocenters. The van der Waals surface area contributed by atoms with E-state index in [-0.39, 0.29) is 5.24 Å². The normalized spacial score (nSPS) is 33.7. The standard InChI is InChI=1S/C2H2I3NO2S/c3-9(4,5)1-8-6-2(9)7/h1H,(H,6,7). The van der Waals surface area contributed by atoms with Gasteiger partial charge in [-0.05, 0) is 0.264 Å². The van der Waals surface area contributed by atoms with Crippen LogP contribution >= 0.6 is 63.9 Å². The summed E-state index contributed by atoms with van der Waals surface area (Å²) in [6.07, 6.45) is 0. The number of hydroxylamine groups is 1. The summed E-state index contributed by atoms with van der Waals surface area (Å²) >= 11 is 6.35. The molecule has 0 fully saturated rings. The van der Waals surface area contributed by atoms with Crippen LogP contribution in [0.3, 0.4) is 0 Å². The Labute approximate surface area is 88.2 Å². The van der Waals surface area contributed by atoms with E-state index in [2.05, 4.69) is 73.9 Å². The molecule has 1 rings (SSSR count). The maximum absolute atomic E-state index is 11.0. The van der Waals surface area contributed by atoms with Crippen molar-refractivity contribution in [3.05, 3.63) is 0 Å². The Morgan fingerprint density at radius 2 is 2.11 bits per heavy atom. The van der Waals surface area contributed by atoms with Crippen molar-refractivity contribution >= 4 is 74.7 Å². The van der Waals surface area contributed by atoms with Gasteiger partial charge in [0.1, 0.15) is 5.55 Å². The van der Waals surface area contributed by atoms with Gasteiger partial charge in [-0.1, -0.05) is 0 Å². The summed E-state index contributed by atoms with van der Waals surface area (Å²) in [4.78, 5) is 15.7. The number of halogens is 3. The molecule has 0 atom stereocenters. The highest BCUT2D eigenvalue weighted by Gasteiger charge is 2.37. The minimum Gasteiger partial charge on any atom is -0.259 e. The Bertz CT molecular complexity index is 219. The third-order valence-electron chi connectivity index (χ3n) is 0.665. The zero-order chi connectivity index (χ0) is 7.15. The monoisotopic (exact) mass is 485 g/mol. The molecule has 1 aliphatic rings. The summed E-state index contributed by atoms with van der Waals surface area (Å²) in [5.74, 6) is 0. The van der Waals surface area contributed by atoms with E-state index in [0.29, 0.717) is 0 Å². The summed E-state index contributed by atoms with van der Waals surface area (Å²) < 4.78 is -2.06. The number of rotatable bonds is 0.